The lowest BCUT2D eigenvalue weighted by molar-refractivity contribution is -0.149. The van der Waals surface area contributed by atoms with E-state index in [0.717, 1.165) is 38.8 Å². The molecule has 5 heteroatoms. The second kappa shape index (κ2) is 5.26. The fraction of sp³-hybridized carbons (Fsp3) is 0.846. The predicted octanol–water partition coefficient (Wildman–Crippen LogP) is 1.43. The van der Waals surface area contributed by atoms with Crippen molar-refractivity contribution in [1.82, 2.24) is 4.90 Å². The number of fused-ring (bicyclic) bond motifs is 1. The number of aliphatic carboxylic acids is 2. The molecule has 102 valence electrons. The minimum atomic E-state index is -0.754. The summed E-state index contributed by atoms with van der Waals surface area (Å²) in [5.74, 6) is -1.09. The summed E-state index contributed by atoms with van der Waals surface area (Å²) in [5.41, 5.74) is -0.507. The molecule has 0 unspecified atom stereocenters. The van der Waals surface area contributed by atoms with E-state index in [1.165, 1.54) is 0 Å². The van der Waals surface area contributed by atoms with Crippen molar-refractivity contribution >= 4 is 11.9 Å². The molecule has 0 aromatic heterocycles. The number of likely N-dealkylation sites (tertiary alicyclic amines) is 1. The normalized spacial score (nSPS) is 31.4. The quantitative estimate of drug-likeness (QED) is 0.702. The molecule has 2 rings (SSSR count). The first-order valence-electron chi connectivity index (χ1n) is 6.72. The molecule has 2 atom stereocenters. The number of carboxylic acid groups (broad SMARTS) is 2. The van der Waals surface area contributed by atoms with E-state index in [9.17, 15) is 14.7 Å². The summed E-state index contributed by atoms with van der Waals surface area (Å²) in [6.45, 7) is 2.36. The van der Waals surface area contributed by atoms with Gasteiger partial charge in [0.15, 0.2) is 0 Å². The summed E-state index contributed by atoms with van der Waals surface area (Å²) in [6.07, 6.45) is 4.59. The lowest BCUT2D eigenvalue weighted by Gasteiger charge is -2.23. The van der Waals surface area contributed by atoms with Crippen molar-refractivity contribution in [3.8, 4) is 0 Å². The highest BCUT2D eigenvalue weighted by Gasteiger charge is 2.54. The molecule has 0 bridgehead atoms. The molecule has 1 heterocycles. The van der Waals surface area contributed by atoms with Gasteiger partial charge in [0.1, 0.15) is 0 Å². The van der Waals surface area contributed by atoms with E-state index in [2.05, 4.69) is 4.90 Å². The number of hydrogen-bond donors (Lipinski definition) is 2. The highest BCUT2D eigenvalue weighted by Crippen LogP contribution is 2.48. The van der Waals surface area contributed by atoms with Crippen molar-refractivity contribution < 1.29 is 19.8 Å². The molecule has 0 aromatic rings. The highest BCUT2D eigenvalue weighted by atomic mass is 16.4. The molecule has 1 aliphatic carbocycles. The lowest BCUT2D eigenvalue weighted by Crippen LogP contribution is -2.35. The van der Waals surface area contributed by atoms with Crippen molar-refractivity contribution in [2.24, 2.45) is 11.3 Å². The number of hydrogen-bond acceptors (Lipinski definition) is 3. The highest BCUT2D eigenvalue weighted by molar-refractivity contribution is 5.76. The molecular weight excluding hydrogens is 234 g/mol. The first-order chi connectivity index (χ1) is 8.54. The van der Waals surface area contributed by atoms with Gasteiger partial charge in [-0.2, -0.15) is 0 Å². The number of carboxylic acids is 2. The molecule has 5 nitrogen and oxygen atoms in total. The van der Waals surface area contributed by atoms with Crippen LogP contribution in [0.15, 0.2) is 0 Å². The van der Waals surface area contributed by atoms with Crippen LogP contribution in [-0.2, 0) is 9.59 Å². The van der Waals surface area contributed by atoms with E-state index >= 15 is 0 Å². The van der Waals surface area contributed by atoms with Gasteiger partial charge in [-0.1, -0.05) is 6.42 Å². The minimum Gasteiger partial charge on any atom is -0.481 e. The van der Waals surface area contributed by atoms with Crippen molar-refractivity contribution in [2.45, 2.75) is 38.5 Å². The molecule has 0 aromatic carbocycles. The maximum Gasteiger partial charge on any atom is 0.311 e. The second-order valence-corrected chi connectivity index (χ2v) is 5.64. The molecule has 1 aliphatic heterocycles. The third-order valence-corrected chi connectivity index (χ3v) is 4.48. The van der Waals surface area contributed by atoms with E-state index in [-0.39, 0.29) is 6.42 Å². The van der Waals surface area contributed by atoms with Crippen LogP contribution in [0.2, 0.25) is 0 Å². The zero-order chi connectivity index (χ0) is 13.2. The predicted molar refractivity (Wildman–Crippen MR) is 65.3 cm³/mol. The Morgan fingerprint density at radius 2 is 2.06 bits per heavy atom. The summed E-state index contributed by atoms with van der Waals surface area (Å²) in [7, 11) is 0. The topological polar surface area (TPSA) is 77.8 Å². The van der Waals surface area contributed by atoms with Gasteiger partial charge in [0.25, 0.3) is 0 Å². The van der Waals surface area contributed by atoms with Crippen molar-refractivity contribution in [2.75, 3.05) is 19.6 Å². The first-order valence-corrected chi connectivity index (χ1v) is 6.72. The Morgan fingerprint density at radius 1 is 1.28 bits per heavy atom. The number of carbonyl (C=O) groups is 2. The summed E-state index contributed by atoms with van der Waals surface area (Å²) in [5, 5.41) is 18.0. The van der Waals surface area contributed by atoms with Crippen LogP contribution >= 0.6 is 0 Å². The van der Waals surface area contributed by atoms with Gasteiger partial charge in [-0.15, -0.1) is 0 Å². The van der Waals surface area contributed by atoms with E-state index in [4.69, 9.17) is 5.11 Å². The SMILES string of the molecule is O=C(O)CCCCN1C[C@@H]2CCC[C@@]2(C(=O)O)C1. The van der Waals surface area contributed by atoms with Crippen LogP contribution in [0, 0.1) is 11.3 Å². The third kappa shape index (κ3) is 2.51. The molecular formula is C13H21NO4. The number of unbranched alkanes of at least 4 members (excludes halogenated alkanes) is 1. The van der Waals surface area contributed by atoms with E-state index in [1.807, 2.05) is 0 Å². The average molecular weight is 255 g/mol. The summed E-state index contributed by atoms with van der Waals surface area (Å²) < 4.78 is 0. The molecule has 2 N–H and O–H groups in total. The molecule has 0 radical (unpaired) electrons. The first kappa shape index (κ1) is 13.3. The minimum absolute atomic E-state index is 0.210. The van der Waals surface area contributed by atoms with Gasteiger partial charge in [0.05, 0.1) is 5.41 Å². The Hall–Kier alpha value is -1.10. The molecule has 2 fully saturated rings. The Kier molecular flexibility index (Phi) is 3.90. The fourth-order valence-corrected chi connectivity index (χ4v) is 3.52. The maximum absolute atomic E-state index is 11.5. The molecule has 18 heavy (non-hydrogen) atoms. The second-order valence-electron chi connectivity index (χ2n) is 5.64. The summed E-state index contributed by atoms with van der Waals surface area (Å²) >= 11 is 0. The average Bonchev–Trinajstić information content (AvgIpc) is 2.80. The van der Waals surface area contributed by atoms with Gasteiger partial charge in [-0.3, -0.25) is 9.59 Å². The van der Waals surface area contributed by atoms with Crippen LogP contribution in [-0.4, -0.2) is 46.7 Å². The van der Waals surface area contributed by atoms with Crippen LogP contribution in [0.5, 0.6) is 0 Å². The van der Waals surface area contributed by atoms with Crippen LogP contribution in [0.4, 0.5) is 0 Å². The largest absolute Gasteiger partial charge is 0.481 e. The third-order valence-electron chi connectivity index (χ3n) is 4.48. The molecule has 1 saturated heterocycles. The van der Waals surface area contributed by atoms with Gasteiger partial charge in [-0.25, -0.2) is 0 Å². The number of nitrogens with zero attached hydrogens (tertiary/aromatic N) is 1. The van der Waals surface area contributed by atoms with Gasteiger partial charge < -0.3 is 15.1 Å². The van der Waals surface area contributed by atoms with Crippen LogP contribution in [0.1, 0.15) is 38.5 Å². The van der Waals surface area contributed by atoms with Crippen LogP contribution in [0.3, 0.4) is 0 Å². The van der Waals surface area contributed by atoms with E-state index in [0.29, 0.717) is 18.9 Å². The Bertz CT molecular complexity index is 344. The zero-order valence-corrected chi connectivity index (χ0v) is 10.6. The molecule has 1 saturated carbocycles. The Balaban J connectivity index is 1.81. The Morgan fingerprint density at radius 3 is 2.67 bits per heavy atom. The smallest absolute Gasteiger partial charge is 0.311 e. The van der Waals surface area contributed by atoms with Gasteiger partial charge in [0, 0.05) is 19.5 Å². The lowest BCUT2D eigenvalue weighted by atomic mass is 9.81. The van der Waals surface area contributed by atoms with Gasteiger partial charge >= 0.3 is 11.9 Å². The standard InChI is InChI=1S/C13H21NO4/c15-11(16)5-1-2-7-14-8-10-4-3-6-13(10,9-14)12(17)18/h10H,1-9H2,(H,15,16)(H,17,18)/t10-,13+/m0/s1. The number of rotatable bonds is 6. The van der Waals surface area contributed by atoms with Crippen molar-refractivity contribution in [3.63, 3.8) is 0 Å². The van der Waals surface area contributed by atoms with Gasteiger partial charge in [-0.05, 0) is 38.1 Å². The molecule has 0 amide bonds. The fourth-order valence-electron chi connectivity index (χ4n) is 3.52. The maximum atomic E-state index is 11.5. The van der Waals surface area contributed by atoms with Crippen LogP contribution < -0.4 is 0 Å². The molecule has 0 spiro atoms. The summed E-state index contributed by atoms with van der Waals surface area (Å²) in [6, 6.07) is 0. The van der Waals surface area contributed by atoms with Crippen molar-refractivity contribution in [3.05, 3.63) is 0 Å². The Labute approximate surface area is 107 Å². The van der Waals surface area contributed by atoms with Crippen LogP contribution in [0.25, 0.3) is 0 Å². The summed E-state index contributed by atoms with van der Waals surface area (Å²) in [4.78, 5) is 24.1. The van der Waals surface area contributed by atoms with Gasteiger partial charge in [0.2, 0.25) is 0 Å². The van der Waals surface area contributed by atoms with E-state index in [1.54, 1.807) is 0 Å². The molecule has 2 aliphatic rings. The van der Waals surface area contributed by atoms with Crippen molar-refractivity contribution in [1.29, 1.82) is 0 Å². The zero-order valence-electron chi connectivity index (χ0n) is 10.6. The van der Waals surface area contributed by atoms with E-state index < -0.39 is 17.4 Å². The monoisotopic (exact) mass is 255 g/mol.